The summed E-state index contributed by atoms with van der Waals surface area (Å²) in [5, 5.41) is 2.80. The fraction of sp³-hybridized carbons (Fsp3) is 0.381. The molecule has 0 saturated carbocycles. The van der Waals surface area contributed by atoms with Crippen LogP contribution in [0.5, 0.6) is 5.75 Å². The normalized spacial score (nSPS) is 11.1. The van der Waals surface area contributed by atoms with Crippen molar-refractivity contribution in [3.8, 4) is 5.75 Å². The number of halogens is 1. The maximum atomic E-state index is 12.1. The lowest BCUT2D eigenvalue weighted by Gasteiger charge is -2.22. The first-order valence-electron chi connectivity index (χ1n) is 9.51. The number of hydrogen-bond acceptors (Lipinski definition) is 4. The van der Waals surface area contributed by atoms with Gasteiger partial charge in [0, 0.05) is 17.4 Å². The van der Waals surface area contributed by atoms with Gasteiger partial charge in [-0.3, -0.25) is 9.10 Å². The second kappa shape index (κ2) is 11.2. The van der Waals surface area contributed by atoms with Gasteiger partial charge in [-0.25, -0.2) is 8.42 Å². The molecule has 29 heavy (non-hydrogen) atoms. The fourth-order valence-corrected chi connectivity index (χ4v) is 4.11. The van der Waals surface area contributed by atoms with Gasteiger partial charge in [0.15, 0.2) is 0 Å². The van der Waals surface area contributed by atoms with Gasteiger partial charge in [-0.2, -0.15) is 0 Å². The summed E-state index contributed by atoms with van der Waals surface area (Å²) in [4.78, 5) is 12.0. The van der Waals surface area contributed by atoms with E-state index in [1.54, 1.807) is 18.2 Å². The van der Waals surface area contributed by atoms with Crippen LogP contribution >= 0.6 is 15.9 Å². The third-order valence-corrected chi connectivity index (χ3v) is 5.97. The second-order valence-electron chi connectivity index (χ2n) is 6.61. The van der Waals surface area contributed by atoms with Crippen LogP contribution in [0.3, 0.4) is 0 Å². The molecule has 0 aliphatic rings. The number of nitrogens with one attached hydrogen (secondary N) is 1. The molecule has 0 bridgehead atoms. The summed E-state index contributed by atoms with van der Waals surface area (Å²) in [6, 6.07) is 15.0. The molecule has 0 unspecified atom stereocenters. The summed E-state index contributed by atoms with van der Waals surface area (Å²) in [6.45, 7) is 3.11. The Labute approximate surface area is 181 Å². The molecule has 0 aromatic heterocycles. The van der Waals surface area contributed by atoms with Crippen LogP contribution in [0.15, 0.2) is 53.0 Å². The van der Waals surface area contributed by atoms with Crippen molar-refractivity contribution >= 4 is 37.5 Å². The Morgan fingerprint density at radius 1 is 1.17 bits per heavy atom. The number of carbonyl (C=O) groups excluding carboxylic acids is 1. The Kier molecular flexibility index (Phi) is 8.98. The van der Waals surface area contributed by atoms with E-state index in [2.05, 4.69) is 28.2 Å². The molecular formula is C21H27BrN2O4S. The molecule has 1 N–H and O–H groups in total. The lowest BCUT2D eigenvalue weighted by Crippen LogP contribution is -2.32. The van der Waals surface area contributed by atoms with Crippen LogP contribution in [0.25, 0.3) is 0 Å². The van der Waals surface area contributed by atoms with Crippen LogP contribution < -0.4 is 14.4 Å². The maximum Gasteiger partial charge on any atom is 0.232 e. The Bertz CT molecular complexity index is 901. The number of ether oxygens (including phenoxy) is 1. The van der Waals surface area contributed by atoms with Crippen molar-refractivity contribution in [3.63, 3.8) is 0 Å². The summed E-state index contributed by atoms with van der Waals surface area (Å²) in [7, 11) is -3.43. The van der Waals surface area contributed by atoms with E-state index in [4.69, 9.17) is 4.74 Å². The van der Waals surface area contributed by atoms with Gasteiger partial charge >= 0.3 is 0 Å². The first-order valence-corrected chi connectivity index (χ1v) is 12.2. The highest BCUT2D eigenvalue weighted by Crippen LogP contribution is 2.22. The Morgan fingerprint density at radius 2 is 1.90 bits per heavy atom. The highest BCUT2D eigenvalue weighted by atomic mass is 79.9. The Balaban J connectivity index is 1.73. The van der Waals surface area contributed by atoms with E-state index in [1.165, 1.54) is 16.1 Å². The predicted molar refractivity (Wildman–Crippen MR) is 120 cm³/mol. The van der Waals surface area contributed by atoms with Crippen molar-refractivity contribution in [1.29, 1.82) is 0 Å². The average Bonchev–Trinajstić information content (AvgIpc) is 2.68. The van der Waals surface area contributed by atoms with Crippen LogP contribution in [0.4, 0.5) is 5.69 Å². The summed E-state index contributed by atoms with van der Waals surface area (Å²) < 4.78 is 31.9. The molecule has 158 valence electrons. The lowest BCUT2D eigenvalue weighted by molar-refractivity contribution is -0.121. The molecule has 8 heteroatoms. The Morgan fingerprint density at radius 3 is 2.52 bits per heavy atom. The average molecular weight is 483 g/mol. The zero-order chi connectivity index (χ0) is 21.3. The first-order chi connectivity index (χ1) is 13.8. The van der Waals surface area contributed by atoms with Crippen molar-refractivity contribution in [2.24, 2.45) is 0 Å². The van der Waals surface area contributed by atoms with Crippen molar-refractivity contribution in [1.82, 2.24) is 5.32 Å². The minimum Gasteiger partial charge on any atom is -0.492 e. The smallest absolute Gasteiger partial charge is 0.232 e. The SMILES string of the molecule is CCc1ccc(OCCNC(=O)CCCN(c2cccc(Br)c2)S(C)(=O)=O)cc1. The summed E-state index contributed by atoms with van der Waals surface area (Å²) >= 11 is 3.35. The van der Waals surface area contributed by atoms with E-state index in [9.17, 15) is 13.2 Å². The van der Waals surface area contributed by atoms with Gasteiger partial charge in [-0.15, -0.1) is 0 Å². The highest BCUT2D eigenvalue weighted by Gasteiger charge is 2.17. The van der Waals surface area contributed by atoms with E-state index in [0.29, 0.717) is 25.3 Å². The van der Waals surface area contributed by atoms with Gasteiger partial charge in [-0.1, -0.05) is 41.1 Å². The number of amides is 1. The van der Waals surface area contributed by atoms with Gasteiger partial charge in [0.2, 0.25) is 15.9 Å². The molecule has 1 amide bonds. The van der Waals surface area contributed by atoms with E-state index < -0.39 is 10.0 Å². The number of rotatable bonds is 11. The second-order valence-corrected chi connectivity index (χ2v) is 9.44. The number of hydrogen-bond donors (Lipinski definition) is 1. The molecule has 2 aromatic carbocycles. The number of anilines is 1. The summed E-state index contributed by atoms with van der Waals surface area (Å²) in [5.74, 6) is 0.645. The number of carbonyl (C=O) groups is 1. The summed E-state index contributed by atoms with van der Waals surface area (Å²) in [6.07, 6.45) is 2.81. The van der Waals surface area contributed by atoms with Crippen LogP contribution in [0.2, 0.25) is 0 Å². The number of aryl methyl sites for hydroxylation is 1. The molecule has 0 aliphatic carbocycles. The van der Waals surface area contributed by atoms with Gasteiger partial charge in [0.05, 0.1) is 18.5 Å². The molecule has 0 radical (unpaired) electrons. The number of sulfonamides is 1. The quantitative estimate of drug-likeness (QED) is 0.494. The van der Waals surface area contributed by atoms with Crippen molar-refractivity contribution in [3.05, 3.63) is 58.6 Å². The molecule has 0 fully saturated rings. The third-order valence-electron chi connectivity index (χ3n) is 4.29. The van der Waals surface area contributed by atoms with Crippen LogP contribution in [-0.2, 0) is 21.2 Å². The van der Waals surface area contributed by atoms with Crippen LogP contribution in [0, 0.1) is 0 Å². The zero-order valence-electron chi connectivity index (χ0n) is 16.7. The van der Waals surface area contributed by atoms with Crippen molar-refractivity contribution in [2.45, 2.75) is 26.2 Å². The van der Waals surface area contributed by atoms with E-state index >= 15 is 0 Å². The van der Waals surface area contributed by atoms with Crippen molar-refractivity contribution < 1.29 is 17.9 Å². The topological polar surface area (TPSA) is 75.7 Å². The minimum atomic E-state index is -3.43. The summed E-state index contributed by atoms with van der Waals surface area (Å²) in [5.41, 5.74) is 1.82. The van der Waals surface area contributed by atoms with E-state index in [0.717, 1.165) is 16.6 Å². The van der Waals surface area contributed by atoms with Crippen molar-refractivity contribution in [2.75, 3.05) is 30.3 Å². The van der Waals surface area contributed by atoms with E-state index in [1.807, 2.05) is 30.3 Å². The monoisotopic (exact) mass is 482 g/mol. The predicted octanol–water partition coefficient (Wildman–Crippen LogP) is 3.75. The molecule has 6 nitrogen and oxygen atoms in total. The van der Waals surface area contributed by atoms with Gasteiger partial charge in [0.25, 0.3) is 0 Å². The lowest BCUT2D eigenvalue weighted by atomic mass is 10.2. The Hall–Kier alpha value is -2.06. The molecule has 2 aromatic rings. The largest absolute Gasteiger partial charge is 0.492 e. The molecule has 2 rings (SSSR count). The maximum absolute atomic E-state index is 12.1. The van der Waals surface area contributed by atoms with Gasteiger partial charge < -0.3 is 10.1 Å². The zero-order valence-corrected chi connectivity index (χ0v) is 19.1. The molecule has 0 aliphatic heterocycles. The van der Waals surface area contributed by atoms with Crippen LogP contribution in [0.1, 0.15) is 25.3 Å². The fourth-order valence-electron chi connectivity index (χ4n) is 2.77. The third kappa shape index (κ3) is 8.06. The van der Waals surface area contributed by atoms with Crippen LogP contribution in [-0.4, -0.2) is 40.3 Å². The van der Waals surface area contributed by atoms with E-state index in [-0.39, 0.29) is 18.9 Å². The van der Waals surface area contributed by atoms with Gasteiger partial charge in [-0.05, 0) is 48.7 Å². The first kappa shape index (κ1) is 23.2. The molecule has 0 atom stereocenters. The molecular weight excluding hydrogens is 456 g/mol. The van der Waals surface area contributed by atoms with Gasteiger partial charge in [0.1, 0.15) is 12.4 Å². The number of nitrogens with zero attached hydrogens (tertiary/aromatic N) is 1. The standard InChI is InChI=1S/C21H27BrN2O4S/c1-3-17-9-11-20(12-10-17)28-15-13-23-21(25)8-5-14-24(29(2,26)27)19-7-4-6-18(22)16-19/h4,6-7,9-12,16H,3,5,8,13-15H2,1-2H3,(H,23,25). The molecule has 0 spiro atoms. The minimum absolute atomic E-state index is 0.127. The molecule has 0 saturated heterocycles. The highest BCUT2D eigenvalue weighted by molar-refractivity contribution is 9.10. The number of benzene rings is 2. The molecule has 0 heterocycles.